The van der Waals surface area contributed by atoms with Gasteiger partial charge in [-0.1, -0.05) is 30.3 Å². The maximum absolute atomic E-state index is 13.2. The zero-order valence-electron chi connectivity index (χ0n) is 17.5. The Bertz CT molecular complexity index is 1260. The monoisotopic (exact) mass is 412 g/mol. The summed E-state index contributed by atoms with van der Waals surface area (Å²) in [5, 5.41) is 0. The molecule has 0 unspecified atom stereocenters. The van der Waals surface area contributed by atoms with E-state index >= 15 is 0 Å². The molecule has 0 atom stereocenters. The molecule has 4 aromatic rings. The Morgan fingerprint density at radius 1 is 1.00 bits per heavy atom. The number of carbonyl (C=O) groups is 2. The van der Waals surface area contributed by atoms with Crippen molar-refractivity contribution < 1.29 is 9.59 Å². The molecule has 4 heterocycles. The van der Waals surface area contributed by atoms with E-state index in [-0.39, 0.29) is 18.1 Å². The Kier molecular flexibility index (Phi) is 4.90. The summed E-state index contributed by atoms with van der Waals surface area (Å²) in [5.74, 6) is -0.105. The standard InChI is InChI=1S/C25H24N4O2/c1-27-13-10-20(25(31)28-11-5-6-12-28)24(27)22(30)15-18-9-14-29-17-21(26-23(29)16-18)19-7-3-2-4-8-19/h2-4,7-10,13-14,16-17H,5-6,11-12,15H2,1H3. The molecule has 1 aliphatic heterocycles. The van der Waals surface area contributed by atoms with Crippen molar-refractivity contribution in [3.63, 3.8) is 0 Å². The Balaban J connectivity index is 1.41. The third-order valence-electron chi connectivity index (χ3n) is 5.92. The molecule has 1 aliphatic rings. The first kappa shape index (κ1) is 19.3. The lowest BCUT2D eigenvalue weighted by molar-refractivity contribution is 0.0786. The summed E-state index contributed by atoms with van der Waals surface area (Å²) in [4.78, 5) is 32.6. The van der Waals surface area contributed by atoms with E-state index in [1.165, 1.54) is 0 Å². The molecule has 0 aliphatic carbocycles. The quantitative estimate of drug-likeness (QED) is 0.466. The number of ketones is 1. The van der Waals surface area contributed by atoms with Crippen molar-refractivity contribution in [2.24, 2.45) is 7.05 Å². The number of likely N-dealkylation sites (tertiary alicyclic amines) is 1. The molecule has 6 nitrogen and oxygen atoms in total. The second kappa shape index (κ2) is 7.87. The topological polar surface area (TPSA) is 59.6 Å². The number of fused-ring (bicyclic) bond motifs is 1. The molecule has 3 aromatic heterocycles. The van der Waals surface area contributed by atoms with Gasteiger partial charge in [-0.05, 0) is 36.6 Å². The fourth-order valence-electron chi connectivity index (χ4n) is 4.29. The van der Waals surface area contributed by atoms with Crippen LogP contribution in [0, 0.1) is 0 Å². The zero-order chi connectivity index (χ0) is 21.4. The van der Waals surface area contributed by atoms with Crippen molar-refractivity contribution in [1.82, 2.24) is 18.9 Å². The molecule has 0 N–H and O–H groups in total. The first-order chi connectivity index (χ1) is 15.1. The van der Waals surface area contributed by atoms with Crippen LogP contribution in [0.3, 0.4) is 0 Å². The molecule has 156 valence electrons. The van der Waals surface area contributed by atoms with Crippen LogP contribution in [0.1, 0.15) is 39.3 Å². The predicted molar refractivity (Wildman–Crippen MR) is 119 cm³/mol. The summed E-state index contributed by atoms with van der Waals surface area (Å²) in [6, 6.07) is 15.7. The van der Waals surface area contributed by atoms with E-state index in [9.17, 15) is 9.59 Å². The predicted octanol–water partition coefficient (Wildman–Crippen LogP) is 4.00. The summed E-state index contributed by atoms with van der Waals surface area (Å²) in [5.41, 5.74) is 4.60. The Morgan fingerprint density at radius 2 is 1.77 bits per heavy atom. The van der Waals surface area contributed by atoms with Gasteiger partial charge >= 0.3 is 0 Å². The average molecular weight is 412 g/mol. The van der Waals surface area contributed by atoms with Gasteiger partial charge in [-0.15, -0.1) is 0 Å². The first-order valence-corrected chi connectivity index (χ1v) is 10.6. The lowest BCUT2D eigenvalue weighted by atomic mass is 10.0. The van der Waals surface area contributed by atoms with Crippen molar-refractivity contribution in [2.75, 3.05) is 13.1 Å². The van der Waals surface area contributed by atoms with Gasteiger partial charge in [0, 0.05) is 50.7 Å². The van der Waals surface area contributed by atoms with E-state index in [0.29, 0.717) is 11.3 Å². The van der Waals surface area contributed by atoms with Crippen LogP contribution in [0.15, 0.2) is 67.1 Å². The Hall–Kier alpha value is -3.67. The van der Waals surface area contributed by atoms with E-state index in [4.69, 9.17) is 4.98 Å². The maximum atomic E-state index is 13.2. The van der Waals surface area contributed by atoms with Gasteiger partial charge in [0.05, 0.1) is 17.0 Å². The molecule has 1 fully saturated rings. The third-order valence-corrected chi connectivity index (χ3v) is 5.92. The fourth-order valence-corrected chi connectivity index (χ4v) is 4.29. The molecule has 0 bridgehead atoms. The maximum Gasteiger partial charge on any atom is 0.256 e. The minimum absolute atomic E-state index is 0.0438. The second-order valence-electron chi connectivity index (χ2n) is 8.08. The van der Waals surface area contributed by atoms with Gasteiger partial charge in [0.1, 0.15) is 5.65 Å². The molecule has 5 rings (SSSR count). The molecular weight excluding hydrogens is 388 g/mol. The Labute approximate surface area is 180 Å². The number of imidazole rings is 1. The number of rotatable bonds is 5. The van der Waals surface area contributed by atoms with Crippen molar-refractivity contribution in [3.8, 4) is 11.3 Å². The first-order valence-electron chi connectivity index (χ1n) is 10.6. The van der Waals surface area contributed by atoms with E-state index in [1.54, 1.807) is 16.8 Å². The van der Waals surface area contributed by atoms with Gasteiger partial charge in [0.2, 0.25) is 0 Å². The number of pyridine rings is 1. The number of hydrogen-bond donors (Lipinski definition) is 0. The van der Waals surface area contributed by atoms with Gasteiger partial charge < -0.3 is 13.9 Å². The van der Waals surface area contributed by atoms with Crippen molar-refractivity contribution in [3.05, 3.63) is 83.9 Å². The molecule has 1 aromatic carbocycles. The van der Waals surface area contributed by atoms with Crippen LogP contribution in [0.25, 0.3) is 16.9 Å². The molecule has 0 saturated carbocycles. The van der Waals surface area contributed by atoms with Crippen LogP contribution in [0.4, 0.5) is 0 Å². The van der Waals surface area contributed by atoms with E-state index in [1.807, 2.05) is 71.2 Å². The van der Waals surface area contributed by atoms with Crippen LogP contribution < -0.4 is 0 Å². The number of aryl methyl sites for hydroxylation is 1. The molecule has 6 heteroatoms. The van der Waals surface area contributed by atoms with Crippen LogP contribution in [-0.4, -0.2) is 43.6 Å². The van der Waals surface area contributed by atoms with Crippen LogP contribution in [-0.2, 0) is 13.5 Å². The lowest BCUT2D eigenvalue weighted by Crippen LogP contribution is -2.29. The van der Waals surface area contributed by atoms with Gasteiger partial charge in [-0.2, -0.15) is 0 Å². The molecule has 1 amide bonds. The Morgan fingerprint density at radius 3 is 2.55 bits per heavy atom. The lowest BCUT2D eigenvalue weighted by Gasteiger charge is -2.16. The molecule has 0 radical (unpaired) electrons. The minimum Gasteiger partial charge on any atom is -0.347 e. The second-order valence-corrected chi connectivity index (χ2v) is 8.08. The SMILES string of the molecule is Cn1ccc(C(=O)N2CCCC2)c1C(=O)Cc1ccn2cc(-c3ccccc3)nc2c1. The van der Waals surface area contributed by atoms with Gasteiger partial charge in [0.15, 0.2) is 5.78 Å². The normalized spacial score (nSPS) is 13.8. The smallest absolute Gasteiger partial charge is 0.256 e. The highest BCUT2D eigenvalue weighted by molar-refractivity contribution is 6.08. The number of hydrogen-bond acceptors (Lipinski definition) is 3. The van der Waals surface area contributed by atoms with E-state index in [2.05, 4.69) is 0 Å². The van der Waals surface area contributed by atoms with Crippen LogP contribution >= 0.6 is 0 Å². The van der Waals surface area contributed by atoms with Crippen molar-refractivity contribution in [2.45, 2.75) is 19.3 Å². The van der Waals surface area contributed by atoms with Crippen molar-refractivity contribution >= 4 is 17.3 Å². The van der Waals surface area contributed by atoms with Gasteiger partial charge in [0.25, 0.3) is 5.91 Å². The fraction of sp³-hybridized carbons (Fsp3) is 0.240. The number of aromatic nitrogens is 3. The highest BCUT2D eigenvalue weighted by atomic mass is 16.2. The number of nitrogens with zero attached hydrogens (tertiary/aromatic N) is 4. The molecule has 0 spiro atoms. The van der Waals surface area contributed by atoms with Gasteiger partial charge in [-0.25, -0.2) is 4.98 Å². The number of amides is 1. The minimum atomic E-state index is -0.0609. The average Bonchev–Trinajstić information content (AvgIpc) is 3.53. The third kappa shape index (κ3) is 3.65. The summed E-state index contributed by atoms with van der Waals surface area (Å²) >= 11 is 0. The molecule has 1 saturated heterocycles. The number of carbonyl (C=O) groups excluding carboxylic acids is 2. The zero-order valence-corrected chi connectivity index (χ0v) is 17.5. The largest absolute Gasteiger partial charge is 0.347 e. The highest BCUT2D eigenvalue weighted by Gasteiger charge is 2.26. The highest BCUT2D eigenvalue weighted by Crippen LogP contribution is 2.21. The summed E-state index contributed by atoms with van der Waals surface area (Å²) in [7, 11) is 1.82. The molecular formula is C25H24N4O2. The van der Waals surface area contributed by atoms with E-state index < -0.39 is 0 Å². The number of benzene rings is 1. The van der Waals surface area contributed by atoms with Crippen molar-refractivity contribution in [1.29, 1.82) is 0 Å². The summed E-state index contributed by atoms with van der Waals surface area (Å²) in [6.45, 7) is 1.53. The number of Topliss-reactive ketones (excluding diaryl/α,β-unsaturated/α-hetero) is 1. The molecule has 31 heavy (non-hydrogen) atoms. The van der Waals surface area contributed by atoms with Crippen LogP contribution in [0.2, 0.25) is 0 Å². The van der Waals surface area contributed by atoms with Crippen LogP contribution in [0.5, 0.6) is 0 Å². The summed E-state index contributed by atoms with van der Waals surface area (Å²) in [6.07, 6.45) is 7.98. The van der Waals surface area contributed by atoms with E-state index in [0.717, 1.165) is 48.4 Å². The van der Waals surface area contributed by atoms with Gasteiger partial charge in [-0.3, -0.25) is 9.59 Å². The summed E-state index contributed by atoms with van der Waals surface area (Å²) < 4.78 is 3.72.